The quantitative estimate of drug-likeness (QED) is 0.792. The van der Waals surface area contributed by atoms with Gasteiger partial charge in [0.25, 0.3) is 0 Å². The van der Waals surface area contributed by atoms with Gasteiger partial charge < -0.3 is 10.2 Å². The highest BCUT2D eigenvalue weighted by Gasteiger charge is 2.28. The van der Waals surface area contributed by atoms with E-state index in [0.29, 0.717) is 6.04 Å². The van der Waals surface area contributed by atoms with Gasteiger partial charge in [-0.2, -0.15) is 0 Å². The van der Waals surface area contributed by atoms with Gasteiger partial charge in [0.05, 0.1) is 0 Å². The van der Waals surface area contributed by atoms with Gasteiger partial charge in [-0.25, -0.2) is 0 Å². The molecule has 1 heterocycles. The molecule has 3 atom stereocenters. The minimum Gasteiger partial charge on any atom is -0.311 e. The van der Waals surface area contributed by atoms with Crippen LogP contribution in [0.25, 0.3) is 0 Å². The molecule has 2 heteroatoms. The molecule has 3 unspecified atom stereocenters. The van der Waals surface area contributed by atoms with Crippen LogP contribution >= 0.6 is 0 Å². The van der Waals surface area contributed by atoms with E-state index in [2.05, 4.69) is 31.0 Å². The molecule has 1 saturated heterocycles. The molecule has 2 fully saturated rings. The zero-order valence-electron chi connectivity index (χ0n) is 11.9. The van der Waals surface area contributed by atoms with Crippen LogP contribution in [-0.4, -0.2) is 36.6 Å². The number of piperidine rings is 1. The van der Waals surface area contributed by atoms with Gasteiger partial charge in [-0.1, -0.05) is 13.3 Å². The lowest BCUT2D eigenvalue weighted by Gasteiger charge is -2.39. The van der Waals surface area contributed by atoms with E-state index < -0.39 is 0 Å². The third-order valence-corrected chi connectivity index (χ3v) is 5.08. The normalized spacial score (nSPS) is 30.9. The molecular weight excluding hydrogens is 208 g/mol. The van der Waals surface area contributed by atoms with Crippen molar-refractivity contribution in [1.29, 1.82) is 0 Å². The van der Waals surface area contributed by atoms with Gasteiger partial charge in [-0.15, -0.1) is 0 Å². The zero-order valence-corrected chi connectivity index (χ0v) is 11.9. The van der Waals surface area contributed by atoms with E-state index in [9.17, 15) is 0 Å². The molecule has 100 valence electrons. The Morgan fingerprint density at radius 1 is 1.06 bits per heavy atom. The summed E-state index contributed by atoms with van der Waals surface area (Å²) in [6.07, 6.45) is 7.17. The molecular formula is C15H30N2. The van der Waals surface area contributed by atoms with Crippen LogP contribution in [0.2, 0.25) is 0 Å². The average molecular weight is 238 g/mol. The van der Waals surface area contributed by atoms with Crippen LogP contribution in [-0.2, 0) is 0 Å². The summed E-state index contributed by atoms with van der Waals surface area (Å²) >= 11 is 0. The molecule has 0 aromatic rings. The Balaban J connectivity index is 1.75. The van der Waals surface area contributed by atoms with E-state index in [1.54, 1.807) is 0 Å². The lowest BCUT2D eigenvalue weighted by atomic mass is 9.79. The third-order valence-electron chi connectivity index (χ3n) is 5.08. The fraction of sp³-hybridized carbons (Fsp3) is 1.00. The summed E-state index contributed by atoms with van der Waals surface area (Å²) < 4.78 is 0. The van der Waals surface area contributed by atoms with Crippen LogP contribution < -0.4 is 5.32 Å². The first-order valence-electron chi connectivity index (χ1n) is 7.69. The van der Waals surface area contributed by atoms with Crippen LogP contribution in [0.1, 0.15) is 52.9 Å². The fourth-order valence-corrected chi connectivity index (χ4v) is 3.41. The first-order chi connectivity index (χ1) is 8.20. The van der Waals surface area contributed by atoms with E-state index in [1.165, 1.54) is 51.7 Å². The Bertz CT molecular complexity index is 225. The Morgan fingerprint density at radius 3 is 2.29 bits per heavy atom. The maximum atomic E-state index is 3.87. The van der Waals surface area contributed by atoms with Crippen molar-refractivity contribution in [2.75, 3.05) is 19.6 Å². The molecule has 2 aliphatic rings. The van der Waals surface area contributed by atoms with Gasteiger partial charge in [0.1, 0.15) is 0 Å². The molecule has 0 aromatic heterocycles. The molecule has 1 aliphatic carbocycles. The van der Waals surface area contributed by atoms with Crippen molar-refractivity contribution < 1.29 is 0 Å². The standard InChI is InChI=1S/C15H30N2/c1-4-17-10-6-9-15(11-17)13(3)16-12(2)14-7-5-8-14/h12-16H,4-11H2,1-3H3. The van der Waals surface area contributed by atoms with Crippen molar-refractivity contribution >= 4 is 0 Å². The molecule has 1 saturated carbocycles. The predicted octanol–water partition coefficient (Wildman–Crippen LogP) is 2.89. The Labute approximate surface area is 107 Å². The first-order valence-corrected chi connectivity index (χ1v) is 7.69. The molecule has 0 aromatic carbocycles. The van der Waals surface area contributed by atoms with Gasteiger partial charge in [0.15, 0.2) is 0 Å². The second-order valence-electron chi connectivity index (χ2n) is 6.23. The largest absolute Gasteiger partial charge is 0.311 e. The minimum atomic E-state index is 0.694. The van der Waals surface area contributed by atoms with Crippen molar-refractivity contribution in [2.24, 2.45) is 11.8 Å². The number of hydrogen-bond donors (Lipinski definition) is 1. The van der Waals surface area contributed by atoms with E-state index in [4.69, 9.17) is 0 Å². The Kier molecular flexibility index (Phi) is 4.87. The van der Waals surface area contributed by atoms with Crippen LogP contribution in [0, 0.1) is 11.8 Å². The molecule has 17 heavy (non-hydrogen) atoms. The topological polar surface area (TPSA) is 15.3 Å². The van der Waals surface area contributed by atoms with Crippen molar-refractivity contribution in [3.8, 4) is 0 Å². The molecule has 0 spiro atoms. The fourth-order valence-electron chi connectivity index (χ4n) is 3.41. The summed E-state index contributed by atoms with van der Waals surface area (Å²) in [7, 11) is 0. The van der Waals surface area contributed by atoms with Crippen molar-refractivity contribution in [3.63, 3.8) is 0 Å². The van der Waals surface area contributed by atoms with E-state index in [0.717, 1.165) is 17.9 Å². The summed E-state index contributed by atoms with van der Waals surface area (Å²) in [6.45, 7) is 10.9. The SMILES string of the molecule is CCN1CCCC(C(C)NC(C)C2CCC2)C1. The maximum absolute atomic E-state index is 3.87. The summed E-state index contributed by atoms with van der Waals surface area (Å²) in [5.41, 5.74) is 0. The second kappa shape index (κ2) is 6.19. The van der Waals surface area contributed by atoms with Gasteiger partial charge in [-0.05, 0) is 64.5 Å². The molecule has 0 bridgehead atoms. The highest BCUT2D eigenvalue weighted by molar-refractivity contribution is 4.85. The molecule has 2 rings (SSSR count). The average Bonchev–Trinajstić information content (AvgIpc) is 2.26. The van der Waals surface area contributed by atoms with Crippen LogP contribution in [0.5, 0.6) is 0 Å². The van der Waals surface area contributed by atoms with Crippen LogP contribution in [0.15, 0.2) is 0 Å². The number of nitrogens with one attached hydrogen (secondary N) is 1. The van der Waals surface area contributed by atoms with Crippen molar-refractivity contribution in [1.82, 2.24) is 10.2 Å². The Morgan fingerprint density at radius 2 is 1.71 bits per heavy atom. The highest BCUT2D eigenvalue weighted by Crippen LogP contribution is 2.30. The highest BCUT2D eigenvalue weighted by atomic mass is 15.1. The first kappa shape index (κ1) is 13.4. The van der Waals surface area contributed by atoms with E-state index in [1.807, 2.05) is 0 Å². The van der Waals surface area contributed by atoms with Gasteiger partial charge >= 0.3 is 0 Å². The number of nitrogens with zero attached hydrogens (tertiary/aromatic N) is 1. The number of hydrogen-bond acceptors (Lipinski definition) is 2. The zero-order chi connectivity index (χ0) is 12.3. The van der Waals surface area contributed by atoms with Crippen molar-refractivity contribution in [2.45, 2.75) is 65.0 Å². The Hall–Kier alpha value is -0.0800. The van der Waals surface area contributed by atoms with Gasteiger partial charge in [0.2, 0.25) is 0 Å². The molecule has 1 N–H and O–H groups in total. The van der Waals surface area contributed by atoms with Gasteiger partial charge in [-0.3, -0.25) is 0 Å². The summed E-state index contributed by atoms with van der Waals surface area (Å²) in [5.74, 6) is 1.83. The predicted molar refractivity (Wildman–Crippen MR) is 74.2 cm³/mol. The molecule has 0 radical (unpaired) electrons. The summed E-state index contributed by atoms with van der Waals surface area (Å²) in [4.78, 5) is 2.61. The second-order valence-corrected chi connectivity index (χ2v) is 6.23. The summed E-state index contributed by atoms with van der Waals surface area (Å²) in [5, 5.41) is 3.87. The third kappa shape index (κ3) is 3.45. The number of rotatable bonds is 5. The maximum Gasteiger partial charge on any atom is 0.00818 e. The molecule has 2 nitrogen and oxygen atoms in total. The lowest BCUT2D eigenvalue weighted by Crippen LogP contribution is -2.49. The van der Waals surface area contributed by atoms with Crippen molar-refractivity contribution in [3.05, 3.63) is 0 Å². The van der Waals surface area contributed by atoms with E-state index >= 15 is 0 Å². The number of likely N-dealkylation sites (tertiary alicyclic amines) is 1. The molecule has 0 amide bonds. The smallest absolute Gasteiger partial charge is 0.00818 e. The van der Waals surface area contributed by atoms with Crippen LogP contribution in [0.3, 0.4) is 0 Å². The van der Waals surface area contributed by atoms with Gasteiger partial charge in [0, 0.05) is 18.6 Å². The van der Waals surface area contributed by atoms with Crippen LogP contribution in [0.4, 0.5) is 0 Å². The summed E-state index contributed by atoms with van der Waals surface area (Å²) in [6, 6.07) is 1.43. The monoisotopic (exact) mass is 238 g/mol. The molecule has 1 aliphatic heterocycles. The van der Waals surface area contributed by atoms with E-state index in [-0.39, 0.29) is 0 Å². The lowest BCUT2D eigenvalue weighted by molar-refractivity contribution is 0.139. The minimum absolute atomic E-state index is 0.694.